The summed E-state index contributed by atoms with van der Waals surface area (Å²) >= 11 is 3.49. The molecule has 0 unspecified atom stereocenters. The van der Waals surface area contributed by atoms with E-state index in [1.807, 2.05) is 32.0 Å². The van der Waals surface area contributed by atoms with Crippen LogP contribution in [0.15, 0.2) is 81.2 Å². The van der Waals surface area contributed by atoms with E-state index in [-0.39, 0.29) is 28.8 Å². The Hall–Kier alpha value is -5.10. The number of rotatable bonds is 10. The lowest BCUT2D eigenvalue weighted by Crippen LogP contribution is -2.21. The van der Waals surface area contributed by atoms with Gasteiger partial charge in [-0.2, -0.15) is 9.78 Å². The van der Waals surface area contributed by atoms with Crippen LogP contribution < -0.4 is 19.8 Å². The van der Waals surface area contributed by atoms with Crippen LogP contribution in [0.4, 0.5) is 5.69 Å². The Balaban J connectivity index is 1.69. The predicted octanol–water partition coefficient (Wildman–Crippen LogP) is 7.64. The number of methoxy groups -OCH3 is 1. The highest BCUT2D eigenvalue weighted by molar-refractivity contribution is 9.10. The average molecular weight is 673 g/mol. The molecule has 0 saturated carbocycles. The molecule has 0 aliphatic heterocycles. The van der Waals surface area contributed by atoms with E-state index in [4.69, 9.17) is 19.2 Å². The van der Waals surface area contributed by atoms with Crippen LogP contribution in [0, 0.1) is 17.0 Å². The SMILES string of the molecule is CCOc1cc(C)c(-c2nc3ccccc3c(=O)n2N=Cc2cc(Br)cc(OC)c2Oc2ccc([N+](=O)[O-])cn2)cc1C(C)C. The third kappa shape index (κ3) is 6.55. The number of pyridine rings is 1. The number of aromatic nitrogens is 3. The van der Waals surface area contributed by atoms with Gasteiger partial charge in [0, 0.05) is 27.7 Å². The van der Waals surface area contributed by atoms with Crippen LogP contribution in [0.1, 0.15) is 43.4 Å². The molecule has 2 aromatic heterocycles. The topological polar surface area (TPSA) is 131 Å². The van der Waals surface area contributed by atoms with Gasteiger partial charge in [0.25, 0.3) is 11.2 Å². The van der Waals surface area contributed by atoms with Crippen molar-refractivity contribution in [2.24, 2.45) is 5.10 Å². The largest absolute Gasteiger partial charge is 0.494 e. The number of fused-ring (bicyclic) bond motifs is 1. The lowest BCUT2D eigenvalue weighted by Gasteiger charge is -2.18. The Morgan fingerprint density at radius 2 is 1.89 bits per heavy atom. The van der Waals surface area contributed by atoms with Crippen molar-refractivity contribution in [3.8, 4) is 34.5 Å². The Labute approximate surface area is 267 Å². The summed E-state index contributed by atoms with van der Waals surface area (Å²) in [5.41, 5.74) is 3.05. The van der Waals surface area contributed by atoms with E-state index in [1.165, 1.54) is 30.1 Å². The molecule has 0 atom stereocenters. The molecule has 0 fully saturated rings. The maximum Gasteiger partial charge on any atom is 0.287 e. The second-order valence-corrected chi connectivity index (χ2v) is 11.3. The zero-order chi connectivity index (χ0) is 32.2. The van der Waals surface area contributed by atoms with E-state index in [2.05, 4.69) is 39.9 Å². The molecule has 0 bridgehead atoms. The molecule has 0 aliphatic carbocycles. The van der Waals surface area contributed by atoms with Crippen LogP contribution >= 0.6 is 15.9 Å². The van der Waals surface area contributed by atoms with Crippen molar-refractivity contribution in [1.82, 2.24) is 14.6 Å². The molecule has 5 rings (SSSR count). The van der Waals surface area contributed by atoms with Gasteiger partial charge in [0.2, 0.25) is 5.88 Å². The monoisotopic (exact) mass is 671 g/mol. The number of hydrogen-bond donors (Lipinski definition) is 0. The lowest BCUT2D eigenvalue weighted by atomic mass is 9.96. The summed E-state index contributed by atoms with van der Waals surface area (Å²) in [6.07, 6.45) is 2.58. The van der Waals surface area contributed by atoms with Crippen molar-refractivity contribution < 1.29 is 19.1 Å². The van der Waals surface area contributed by atoms with Gasteiger partial charge in [0.05, 0.1) is 35.8 Å². The molecule has 230 valence electrons. The van der Waals surface area contributed by atoms with Gasteiger partial charge < -0.3 is 14.2 Å². The molecule has 0 amide bonds. The van der Waals surface area contributed by atoms with Gasteiger partial charge in [-0.1, -0.05) is 41.9 Å². The zero-order valence-electron chi connectivity index (χ0n) is 25.3. The van der Waals surface area contributed by atoms with Crippen LogP contribution in [0.25, 0.3) is 22.3 Å². The van der Waals surface area contributed by atoms with Gasteiger partial charge >= 0.3 is 0 Å². The van der Waals surface area contributed by atoms with Crippen LogP contribution in [0.3, 0.4) is 0 Å². The highest BCUT2D eigenvalue weighted by atomic mass is 79.9. The molecule has 0 saturated heterocycles. The molecule has 0 spiro atoms. The van der Waals surface area contributed by atoms with Crippen LogP contribution in [0.2, 0.25) is 0 Å². The molecule has 0 N–H and O–H groups in total. The summed E-state index contributed by atoms with van der Waals surface area (Å²) in [6, 6.07) is 17.2. The van der Waals surface area contributed by atoms with E-state index in [0.717, 1.165) is 28.6 Å². The Morgan fingerprint density at radius 3 is 2.56 bits per heavy atom. The third-order valence-electron chi connectivity index (χ3n) is 6.99. The van der Waals surface area contributed by atoms with Crippen LogP contribution in [-0.2, 0) is 0 Å². The highest BCUT2D eigenvalue weighted by Crippen LogP contribution is 2.38. The first kappa shape index (κ1) is 31.3. The second-order valence-electron chi connectivity index (χ2n) is 10.3. The summed E-state index contributed by atoms with van der Waals surface area (Å²) in [6.45, 7) is 8.57. The average Bonchev–Trinajstić information content (AvgIpc) is 3.02. The minimum atomic E-state index is -0.543. The predicted molar refractivity (Wildman–Crippen MR) is 176 cm³/mol. The van der Waals surface area contributed by atoms with Crippen molar-refractivity contribution in [2.45, 2.75) is 33.6 Å². The highest BCUT2D eigenvalue weighted by Gasteiger charge is 2.20. The Bertz CT molecular complexity index is 1990. The summed E-state index contributed by atoms with van der Waals surface area (Å²) in [4.78, 5) is 33.4. The molecule has 0 radical (unpaired) electrons. The van der Waals surface area contributed by atoms with Crippen molar-refractivity contribution in [3.63, 3.8) is 0 Å². The number of aryl methyl sites for hydroxylation is 1. The first-order chi connectivity index (χ1) is 21.6. The van der Waals surface area contributed by atoms with Crippen molar-refractivity contribution in [2.75, 3.05) is 13.7 Å². The molecule has 45 heavy (non-hydrogen) atoms. The molecule has 0 aliphatic rings. The molecule has 3 aromatic carbocycles. The fourth-order valence-corrected chi connectivity index (χ4v) is 5.24. The number of nitro groups is 1. The van der Waals surface area contributed by atoms with Gasteiger partial charge in [0.1, 0.15) is 11.9 Å². The van der Waals surface area contributed by atoms with E-state index >= 15 is 0 Å². The van der Waals surface area contributed by atoms with Gasteiger partial charge in [-0.25, -0.2) is 9.97 Å². The van der Waals surface area contributed by atoms with Crippen molar-refractivity contribution in [1.29, 1.82) is 0 Å². The summed E-state index contributed by atoms with van der Waals surface area (Å²) < 4.78 is 19.5. The summed E-state index contributed by atoms with van der Waals surface area (Å²) in [7, 11) is 1.48. The number of nitrogens with zero attached hydrogens (tertiary/aromatic N) is 5. The normalized spacial score (nSPS) is 11.4. The number of hydrogen-bond acceptors (Lipinski definition) is 9. The summed E-state index contributed by atoms with van der Waals surface area (Å²) in [5, 5.41) is 16.1. The molecule has 5 aromatic rings. The van der Waals surface area contributed by atoms with Gasteiger partial charge in [-0.15, -0.1) is 0 Å². The lowest BCUT2D eigenvalue weighted by molar-refractivity contribution is -0.385. The standard InChI is InChI=1S/C33H30BrN5O6/c1-6-44-28-13-20(4)26(16-25(28)19(2)3)32-37-27-10-8-7-9-24(27)33(40)38(32)36-17-21-14-22(34)15-29(43-5)31(21)45-30-12-11-23(18-35-30)39(41)42/h7-19H,6H2,1-5H3. The minimum Gasteiger partial charge on any atom is -0.494 e. The van der Waals surface area contributed by atoms with E-state index < -0.39 is 4.92 Å². The Morgan fingerprint density at radius 1 is 1.11 bits per heavy atom. The number of ether oxygens (including phenoxy) is 3. The van der Waals surface area contributed by atoms with Crippen molar-refractivity contribution in [3.05, 3.63) is 108 Å². The van der Waals surface area contributed by atoms with Crippen LogP contribution in [-0.4, -0.2) is 39.5 Å². The van der Waals surface area contributed by atoms with Gasteiger partial charge in [-0.3, -0.25) is 14.9 Å². The molecular weight excluding hydrogens is 642 g/mol. The molecular formula is C33H30BrN5O6. The molecule has 11 nitrogen and oxygen atoms in total. The molecule has 2 heterocycles. The summed E-state index contributed by atoms with van der Waals surface area (Å²) in [5.74, 6) is 1.99. The van der Waals surface area contributed by atoms with Gasteiger partial charge in [0.15, 0.2) is 17.3 Å². The Kier molecular flexibility index (Phi) is 9.24. The minimum absolute atomic E-state index is 0.104. The zero-order valence-corrected chi connectivity index (χ0v) is 26.9. The van der Waals surface area contributed by atoms with Gasteiger partial charge in [-0.05, 0) is 67.3 Å². The number of benzene rings is 3. The maximum atomic E-state index is 14.0. The quantitative estimate of drug-likeness (QED) is 0.0841. The third-order valence-corrected chi connectivity index (χ3v) is 7.45. The first-order valence-electron chi connectivity index (χ1n) is 14.1. The maximum absolute atomic E-state index is 14.0. The second kappa shape index (κ2) is 13.3. The van der Waals surface area contributed by atoms with E-state index in [1.54, 1.807) is 30.3 Å². The van der Waals surface area contributed by atoms with Crippen LogP contribution in [0.5, 0.6) is 23.1 Å². The fraction of sp³-hybridized carbons (Fsp3) is 0.212. The number of para-hydroxylation sites is 1. The molecule has 12 heteroatoms. The van der Waals surface area contributed by atoms with Crippen molar-refractivity contribution >= 4 is 38.7 Å². The first-order valence-corrected chi connectivity index (χ1v) is 14.9. The number of halogens is 1. The van der Waals surface area contributed by atoms with E-state index in [9.17, 15) is 14.9 Å². The smallest absolute Gasteiger partial charge is 0.287 e. The van der Waals surface area contributed by atoms with E-state index in [0.29, 0.717) is 39.1 Å². The fourth-order valence-electron chi connectivity index (χ4n) is 4.79.